The van der Waals surface area contributed by atoms with Crippen molar-refractivity contribution >= 4 is 22.9 Å². The lowest BCUT2D eigenvalue weighted by Crippen LogP contribution is -2.41. The van der Waals surface area contributed by atoms with Crippen molar-refractivity contribution in [1.82, 2.24) is 19.9 Å². The van der Waals surface area contributed by atoms with E-state index < -0.39 is 29.2 Å². The predicted molar refractivity (Wildman–Crippen MR) is 105 cm³/mol. The molecule has 0 fully saturated rings. The minimum atomic E-state index is -1.19. The molecule has 0 aliphatic rings. The van der Waals surface area contributed by atoms with Crippen LogP contribution in [0.1, 0.15) is 56.1 Å². The Labute approximate surface area is 161 Å². The Morgan fingerprint density at radius 1 is 1.36 bits per heavy atom. The molecule has 0 radical (unpaired) electrons. The van der Waals surface area contributed by atoms with E-state index >= 15 is 0 Å². The Hall–Kier alpha value is -3.23. The van der Waals surface area contributed by atoms with Crippen molar-refractivity contribution in [3.05, 3.63) is 50.3 Å². The van der Waals surface area contributed by atoms with E-state index in [0.717, 1.165) is 0 Å². The summed E-state index contributed by atoms with van der Waals surface area (Å²) in [5.74, 6) is -1.97. The van der Waals surface area contributed by atoms with E-state index in [1.165, 1.54) is 10.6 Å². The highest BCUT2D eigenvalue weighted by Gasteiger charge is 2.24. The van der Waals surface area contributed by atoms with Gasteiger partial charge in [0.25, 0.3) is 11.5 Å². The number of allylic oxidation sites excluding steroid dienone is 1. The van der Waals surface area contributed by atoms with Gasteiger partial charge in [0.05, 0.1) is 10.9 Å². The fourth-order valence-electron chi connectivity index (χ4n) is 2.79. The summed E-state index contributed by atoms with van der Waals surface area (Å²) < 4.78 is 1.27. The monoisotopic (exact) mass is 388 g/mol. The van der Waals surface area contributed by atoms with E-state index in [2.05, 4.69) is 15.3 Å². The molecule has 2 aromatic heterocycles. The fourth-order valence-corrected chi connectivity index (χ4v) is 2.79. The van der Waals surface area contributed by atoms with Crippen LogP contribution < -0.4 is 16.6 Å². The standard InChI is InChI=1S/C19H24N4O5/c1-5-7-8-12(18(26)27)21-16(24)11-9-13(10(3)4)20-15-14(11)17(25)22-19(28)23(15)6-2/h5,7,9-10,12H,6,8H2,1-4H3,(H,21,24)(H,26,27)(H,22,25,28)/b7-5+. The van der Waals surface area contributed by atoms with Gasteiger partial charge >= 0.3 is 11.7 Å². The maximum absolute atomic E-state index is 12.9. The van der Waals surface area contributed by atoms with Crippen LogP contribution in [-0.4, -0.2) is 37.6 Å². The first-order chi connectivity index (χ1) is 13.2. The molecular weight excluding hydrogens is 364 g/mol. The van der Waals surface area contributed by atoms with Gasteiger partial charge < -0.3 is 10.4 Å². The van der Waals surface area contributed by atoms with E-state index in [1.54, 1.807) is 26.0 Å². The van der Waals surface area contributed by atoms with Gasteiger partial charge in [0.15, 0.2) is 5.65 Å². The molecule has 0 spiro atoms. The average molecular weight is 388 g/mol. The van der Waals surface area contributed by atoms with Gasteiger partial charge in [-0.15, -0.1) is 0 Å². The molecule has 1 atom stereocenters. The number of pyridine rings is 1. The van der Waals surface area contributed by atoms with Gasteiger partial charge in [0.1, 0.15) is 6.04 Å². The van der Waals surface area contributed by atoms with Gasteiger partial charge in [-0.1, -0.05) is 26.0 Å². The average Bonchev–Trinajstić information content (AvgIpc) is 2.63. The molecule has 1 unspecified atom stereocenters. The van der Waals surface area contributed by atoms with E-state index in [0.29, 0.717) is 5.69 Å². The number of carbonyl (C=O) groups excluding carboxylic acids is 1. The summed E-state index contributed by atoms with van der Waals surface area (Å²) in [5.41, 5.74) is -0.740. The minimum Gasteiger partial charge on any atom is -0.480 e. The third kappa shape index (κ3) is 4.19. The highest BCUT2D eigenvalue weighted by Crippen LogP contribution is 2.20. The largest absolute Gasteiger partial charge is 0.480 e. The van der Waals surface area contributed by atoms with Gasteiger partial charge in [-0.25, -0.2) is 14.6 Å². The number of nitrogens with one attached hydrogen (secondary N) is 2. The number of aryl methyl sites for hydroxylation is 1. The number of carboxylic acids is 1. The first kappa shape index (κ1) is 21.1. The second-order valence-electron chi connectivity index (χ2n) is 6.62. The summed E-state index contributed by atoms with van der Waals surface area (Å²) in [6, 6.07) is 0.321. The number of hydrogen-bond donors (Lipinski definition) is 3. The van der Waals surface area contributed by atoms with Crippen LogP contribution in [0.3, 0.4) is 0 Å². The Morgan fingerprint density at radius 3 is 2.57 bits per heavy atom. The fraction of sp³-hybridized carbons (Fsp3) is 0.421. The molecule has 0 aliphatic carbocycles. The lowest BCUT2D eigenvalue weighted by atomic mass is 10.0. The summed E-state index contributed by atoms with van der Waals surface area (Å²) in [6.45, 7) is 7.45. The molecule has 9 heteroatoms. The Bertz CT molecular complexity index is 1050. The highest BCUT2D eigenvalue weighted by atomic mass is 16.4. The Kier molecular flexibility index (Phi) is 6.50. The van der Waals surface area contributed by atoms with Crippen LogP contribution >= 0.6 is 0 Å². The molecule has 150 valence electrons. The van der Waals surface area contributed by atoms with Crippen LogP contribution in [0.2, 0.25) is 0 Å². The Morgan fingerprint density at radius 2 is 2.04 bits per heavy atom. The van der Waals surface area contributed by atoms with E-state index in [9.17, 15) is 24.3 Å². The molecule has 0 aromatic carbocycles. The zero-order valence-electron chi connectivity index (χ0n) is 16.3. The van der Waals surface area contributed by atoms with E-state index in [-0.39, 0.29) is 35.5 Å². The number of carbonyl (C=O) groups is 2. The van der Waals surface area contributed by atoms with Crippen LogP contribution in [0.15, 0.2) is 27.8 Å². The summed E-state index contributed by atoms with van der Waals surface area (Å²) in [4.78, 5) is 55.5. The maximum Gasteiger partial charge on any atom is 0.329 e. The second-order valence-corrected chi connectivity index (χ2v) is 6.62. The Balaban J connectivity index is 2.71. The van der Waals surface area contributed by atoms with E-state index in [1.807, 2.05) is 13.8 Å². The van der Waals surface area contributed by atoms with Crippen molar-refractivity contribution in [3.63, 3.8) is 0 Å². The molecule has 0 aliphatic heterocycles. The van der Waals surface area contributed by atoms with Crippen molar-refractivity contribution in [2.24, 2.45) is 0 Å². The third-order valence-electron chi connectivity index (χ3n) is 4.33. The first-order valence-electron chi connectivity index (χ1n) is 9.03. The lowest BCUT2D eigenvalue weighted by molar-refractivity contribution is -0.139. The van der Waals surface area contributed by atoms with Crippen molar-refractivity contribution in [2.75, 3.05) is 0 Å². The molecule has 1 amide bonds. The number of aromatic amines is 1. The summed E-state index contributed by atoms with van der Waals surface area (Å²) in [6.07, 6.45) is 3.42. The van der Waals surface area contributed by atoms with Crippen LogP contribution in [0.5, 0.6) is 0 Å². The molecule has 28 heavy (non-hydrogen) atoms. The topological polar surface area (TPSA) is 134 Å². The van der Waals surface area contributed by atoms with Gasteiger partial charge in [-0.05, 0) is 32.3 Å². The molecule has 0 bridgehead atoms. The molecule has 2 heterocycles. The number of aromatic nitrogens is 3. The maximum atomic E-state index is 12.9. The SMILES string of the molecule is C/C=C/CC(NC(=O)c1cc(C(C)C)nc2c1c(=O)[nH]c(=O)n2CC)C(=O)O. The van der Waals surface area contributed by atoms with Crippen LogP contribution in [-0.2, 0) is 11.3 Å². The minimum absolute atomic E-state index is 0.0103. The van der Waals surface area contributed by atoms with Crippen molar-refractivity contribution in [2.45, 2.75) is 52.6 Å². The van der Waals surface area contributed by atoms with Gasteiger partial charge in [-0.3, -0.25) is 19.1 Å². The number of rotatable bonds is 7. The summed E-state index contributed by atoms with van der Waals surface area (Å²) in [7, 11) is 0. The van der Waals surface area contributed by atoms with Crippen LogP contribution in [0.25, 0.3) is 11.0 Å². The van der Waals surface area contributed by atoms with Crippen LogP contribution in [0.4, 0.5) is 0 Å². The molecule has 9 nitrogen and oxygen atoms in total. The third-order valence-corrected chi connectivity index (χ3v) is 4.33. The van der Waals surface area contributed by atoms with Crippen molar-refractivity contribution in [1.29, 1.82) is 0 Å². The molecule has 0 saturated heterocycles. The lowest BCUT2D eigenvalue weighted by Gasteiger charge is -2.16. The number of H-pyrrole nitrogens is 1. The normalized spacial score (nSPS) is 12.6. The smallest absolute Gasteiger partial charge is 0.329 e. The predicted octanol–water partition coefficient (Wildman–Crippen LogP) is 1.38. The number of hydrogen-bond acceptors (Lipinski definition) is 5. The molecule has 2 aromatic rings. The zero-order valence-corrected chi connectivity index (χ0v) is 16.3. The number of nitrogens with zero attached hydrogens (tertiary/aromatic N) is 2. The number of carboxylic acid groups (broad SMARTS) is 1. The van der Waals surface area contributed by atoms with Gasteiger partial charge in [0.2, 0.25) is 0 Å². The van der Waals surface area contributed by atoms with Crippen LogP contribution in [0, 0.1) is 0 Å². The molecule has 2 rings (SSSR count). The molecule has 0 saturated carbocycles. The number of aliphatic carboxylic acids is 1. The quantitative estimate of drug-likeness (QED) is 0.614. The number of amides is 1. The molecule has 3 N–H and O–H groups in total. The van der Waals surface area contributed by atoms with Gasteiger partial charge in [0, 0.05) is 12.2 Å². The van der Waals surface area contributed by atoms with Gasteiger partial charge in [-0.2, -0.15) is 0 Å². The van der Waals surface area contributed by atoms with Crippen molar-refractivity contribution < 1.29 is 14.7 Å². The highest BCUT2D eigenvalue weighted by molar-refractivity contribution is 6.06. The second kappa shape index (κ2) is 8.64. The van der Waals surface area contributed by atoms with Crippen molar-refractivity contribution in [3.8, 4) is 0 Å². The summed E-state index contributed by atoms with van der Waals surface area (Å²) in [5, 5.41) is 11.8. The van der Waals surface area contributed by atoms with E-state index in [4.69, 9.17) is 0 Å². The first-order valence-corrected chi connectivity index (χ1v) is 9.03. The number of fused-ring (bicyclic) bond motifs is 1. The molecular formula is C19H24N4O5. The zero-order chi connectivity index (χ0) is 21.0. The summed E-state index contributed by atoms with van der Waals surface area (Å²) >= 11 is 0.